The van der Waals surface area contributed by atoms with Crippen molar-refractivity contribution in [2.24, 2.45) is 0 Å². The summed E-state index contributed by atoms with van der Waals surface area (Å²) in [6, 6.07) is 14.3. The number of aliphatic carboxylic acids is 1. The van der Waals surface area contributed by atoms with Crippen LogP contribution in [0.1, 0.15) is 22.3 Å². The average Bonchev–Trinajstić information content (AvgIpc) is 3.16. The molecule has 2 aromatic rings. The molecule has 1 amide bonds. The number of carboxylic acid groups (broad SMARTS) is 1. The molecule has 1 aliphatic rings. The van der Waals surface area contributed by atoms with Gasteiger partial charge in [-0.05, 0) is 36.2 Å². The number of nitrogens with zero attached hydrogens (tertiary/aromatic N) is 1. The number of carbonyl (C=O) groups is 2. The zero-order valence-electron chi connectivity index (χ0n) is 14.8. The van der Waals surface area contributed by atoms with Gasteiger partial charge in [-0.3, -0.25) is 9.59 Å². The minimum Gasteiger partial charge on any atom is -0.481 e. The largest absolute Gasteiger partial charge is 0.481 e. The topological polar surface area (TPSA) is 104 Å². The van der Waals surface area contributed by atoms with Gasteiger partial charge >= 0.3 is 5.97 Å². The van der Waals surface area contributed by atoms with Crippen LogP contribution in [0.2, 0.25) is 0 Å². The van der Waals surface area contributed by atoms with E-state index in [1.807, 2.05) is 0 Å². The van der Waals surface area contributed by atoms with Crippen molar-refractivity contribution in [2.75, 3.05) is 20.1 Å². The van der Waals surface area contributed by atoms with Crippen LogP contribution in [0, 0.1) is 0 Å². The molecule has 0 aliphatic carbocycles. The minimum atomic E-state index is -3.86. The number of nitrogens with one attached hydrogen (secondary N) is 1. The second-order valence-electron chi connectivity index (χ2n) is 6.45. The van der Waals surface area contributed by atoms with Crippen LogP contribution >= 0.6 is 0 Å². The van der Waals surface area contributed by atoms with E-state index >= 15 is 0 Å². The van der Waals surface area contributed by atoms with Crippen LogP contribution in [0.5, 0.6) is 0 Å². The predicted molar refractivity (Wildman–Crippen MR) is 99.0 cm³/mol. The van der Waals surface area contributed by atoms with E-state index in [4.69, 9.17) is 0 Å². The Kier molecular flexibility index (Phi) is 5.03. The summed E-state index contributed by atoms with van der Waals surface area (Å²) in [5.74, 6) is -1.35. The number of hydrogen-bond acceptors (Lipinski definition) is 4. The minimum absolute atomic E-state index is 0.0319. The summed E-state index contributed by atoms with van der Waals surface area (Å²) in [4.78, 5) is 23.7. The highest BCUT2D eigenvalue weighted by Gasteiger charge is 2.49. The van der Waals surface area contributed by atoms with Gasteiger partial charge in [0.05, 0.1) is 4.90 Å². The van der Waals surface area contributed by atoms with Crippen molar-refractivity contribution in [3.63, 3.8) is 0 Å². The Morgan fingerprint density at radius 1 is 1.07 bits per heavy atom. The Hall–Kier alpha value is -2.71. The van der Waals surface area contributed by atoms with E-state index in [1.165, 1.54) is 35.6 Å². The van der Waals surface area contributed by atoms with Crippen LogP contribution in [0.25, 0.3) is 0 Å². The lowest BCUT2D eigenvalue weighted by molar-refractivity contribution is -0.143. The van der Waals surface area contributed by atoms with Gasteiger partial charge in [-0.1, -0.05) is 30.3 Å². The van der Waals surface area contributed by atoms with Gasteiger partial charge in [0, 0.05) is 25.7 Å². The van der Waals surface area contributed by atoms with Crippen molar-refractivity contribution in [1.82, 2.24) is 9.62 Å². The second kappa shape index (κ2) is 7.13. The van der Waals surface area contributed by atoms with Crippen LogP contribution in [-0.4, -0.2) is 49.8 Å². The number of amides is 1. The lowest BCUT2D eigenvalue weighted by Crippen LogP contribution is -2.40. The molecule has 1 saturated heterocycles. The molecule has 7 nitrogen and oxygen atoms in total. The maximum Gasteiger partial charge on any atom is 0.315 e. The molecule has 142 valence electrons. The van der Waals surface area contributed by atoms with Gasteiger partial charge in [0.2, 0.25) is 10.0 Å². The molecule has 1 atom stereocenters. The molecule has 27 heavy (non-hydrogen) atoms. The molecule has 2 aromatic carbocycles. The fourth-order valence-corrected chi connectivity index (χ4v) is 4.84. The first-order valence-corrected chi connectivity index (χ1v) is 9.86. The number of sulfonamides is 1. The molecular weight excluding hydrogens is 368 g/mol. The lowest BCUT2D eigenvalue weighted by atomic mass is 9.80. The fourth-order valence-electron chi connectivity index (χ4n) is 3.34. The molecule has 3 rings (SSSR count). The van der Waals surface area contributed by atoms with E-state index in [0.29, 0.717) is 11.1 Å². The number of carboxylic acids is 1. The molecule has 8 heteroatoms. The highest BCUT2D eigenvalue weighted by molar-refractivity contribution is 7.89. The molecule has 0 spiro atoms. The normalized spacial score (nSPS) is 20.3. The quantitative estimate of drug-likeness (QED) is 0.807. The summed E-state index contributed by atoms with van der Waals surface area (Å²) in [7, 11) is -2.37. The van der Waals surface area contributed by atoms with Gasteiger partial charge in [0.25, 0.3) is 5.91 Å². The third kappa shape index (κ3) is 3.33. The number of hydrogen-bond donors (Lipinski definition) is 2. The summed E-state index contributed by atoms with van der Waals surface area (Å²) in [6.45, 7) is -0.0212. The van der Waals surface area contributed by atoms with Crippen molar-refractivity contribution >= 4 is 21.9 Å². The van der Waals surface area contributed by atoms with Crippen LogP contribution in [0.4, 0.5) is 0 Å². The van der Waals surface area contributed by atoms with Gasteiger partial charge in [-0.25, -0.2) is 8.42 Å². The van der Waals surface area contributed by atoms with Gasteiger partial charge in [-0.15, -0.1) is 0 Å². The Balaban J connectivity index is 1.91. The zero-order chi connectivity index (χ0) is 19.7. The van der Waals surface area contributed by atoms with E-state index in [9.17, 15) is 23.1 Å². The zero-order valence-corrected chi connectivity index (χ0v) is 15.6. The third-order valence-corrected chi connectivity index (χ3v) is 6.81. The highest BCUT2D eigenvalue weighted by atomic mass is 32.2. The average molecular weight is 388 g/mol. The highest BCUT2D eigenvalue weighted by Crippen LogP contribution is 2.37. The number of rotatable bonds is 5. The molecule has 0 saturated carbocycles. The van der Waals surface area contributed by atoms with E-state index < -0.39 is 21.4 Å². The first-order chi connectivity index (χ1) is 12.8. The molecule has 0 radical (unpaired) electrons. The first kappa shape index (κ1) is 19.1. The maximum atomic E-state index is 13.0. The molecular formula is C19H20N2O5S. The summed E-state index contributed by atoms with van der Waals surface area (Å²) < 4.78 is 27.1. The summed E-state index contributed by atoms with van der Waals surface area (Å²) >= 11 is 0. The Bertz CT molecular complexity index is 957. The van der Waals surface area contributed by atoms with Crippen molar-refractivity contribution < 1.29 is 23.1 Å². The Labute approximate surface area is 157 Å². The Morgan fingerprint density at radius 3 is 2.26 bits per heavy atom. The summed E-state index contributed by atoms with van der Waals surface area (Å²) in [6.07, 6.45) is 0.196. The standard InChI is InChI=1S/C19H20N2O5S/c1-20-17(22)14-7-9-16(10-8-14)27(25,26)21-12-11-19(13-21,18(23)24)15-5-3-2-4-6-15/h2-10H,11-13H2,1H3,(H,20,22)(H,23,24). The predicted octanol–water partition coefficient (Wildman–Crippen LogP) is 1.46. The summed E-state index contributed by atoms with van der Waals surface area (Å²) in [5, 5.41) is 12.3. The third-order valence-electron chi connectivity index (χ3n) is 4.95. The van der Waals surface area contributed by atoms with Crippen LogP contribution in [0.15, 0.2) is 59.5 Å². The molecule has 0 bridgehead atoms. The van der Waals surface area contributed by atoms with Crippen LogP contribution < -0.4 is 5.32 Å². The van der Waals surface area contributed by atoms with Gasteiger partial charge in [0.1, 0.15) is 5.41 Å². The molecule has 0 aromatic heterocycles. The fraction of sp³-hybridized carbons (Fsp3) is 0.263. The van der Waals surface area contributed by atoms with E-state index in [2.05, 4.69) is 5.32 Å². The van der Waals surface area contributed by atoms with Crippen molar-refractivity contribution in [1.29, 1.82) is 0 Å². The van der Waals surface area contributed by atoms with Crippen molar-refractivity contribution in [3.8, 4) is 0 Å². The summed E-state index contributed by atoms with van der Waals surface area (Å²) in [5.41, 5.74) is -0.330. The molecule has 2 N–H and O–H groups in total. The van der Waals surface area contributed by atoms with Crippen LogP contribution in [-0.2, 0) is 20.2 Å². The van der Waals surface area contributed by atoms with Gasteiger partial charge < -0.3 is 10.4 Å². The van der Waals surface area contributed by atoms with E-state index in [0.717, 1.165) is 0 Å². The van der Waals surface area contributed by atoms with Crippen molar-refractivity contribution in [3.05, 3.63) is 65.7 Å². The number of carbonyl (C=O) groups excluding carboxylic acids is 1. The first-order valence-electron chi connectivity index (χ1n) is 8.42. The smallest absolute Gasteiger partial charge is 0.315 e. The molecule has 1 unspecified atom stereocenters. The second-order valence-corrected chi connectivity index (χ2v) is 8.38. The van der Waals surface area contributed by atoms with Crippen molar-refractivity contribution in [2.45, 2.75) is 16.7 Å². The van der Waals surface area contributed by atoms with E-state index in [1.54, 1.807) is 30.3 Å². The Morgan fingerprint density at radius 2 is 1.70 bits per heavy atom. The van der Waals surface area contributed by atoms with E-state index in [-0.39, 0.29) is 30.3 Å². The SMILES string of the molecule is CNC(=O)c1ccc(S(=O)(=O)N2CCC(C(=O)O)(c3ccccc3)C2)cc1. The maximum absolute atomic E-state index is 13.0. The van der Waals surface area contributed by atoms with Gasteiger partial charge in [0.15, 0.2) is 0 Å². The lowest BCUT2D eigenvalue weighted by Gasteiger charge is -2.25. The molecule has 1 aliphatic heterocycles. The molecule has 1 heterocycles. The van der Waals surface area contributed by atoms with Crippen LogP contribution in [0.3, 0.4) is 0 Å². The monoisotopic (exact) mass is 388 g/mol. The molecule has 1 fully saturated rings. The van der Waals surface area contributed by atoms with Gasteiger partial charge in [-0.2, -0.15) is 4.31 Å². The number of benzene rings is 2.